The molecule has 1 aliphatic heterocycles. The number of likely N-dealkylation sites (tertiary alicyclic amines) is 1. The predicted molar refractivity (Wildman–Crippen MR) is 71.2 cm³/mol. The molecule has 104 valence electrons. The minimum absolute atomic E-state index is 0.0771. The van der Waals surface area contributed by atoms with Crippen LogP contribution >= 0.6 is 0 Å². The zero-order chi connectivity index (χ0) is 13.9. The van der Waals surface area contributed by atoms with Gasteiger partial charge in [-0.3, -0.25) is 4.79 Å². The van der Waals surface area contributed by atoms with Crippen molar-refractivity contribution in [1.29, 1.82) is 0 Å². The molecule has 0 aliphatic carbocycles. The first-order valence-electron chi connectivity index (χ1n) is 6.72. The van der Waals surface area contributed by atoms with E-state index in [0.29, 0.717) is 24.8 Å². The molecule has 2 aromatic heterocycles. The van der Waals surface area contributed by atoms with Crippen LogP contribution in [-0.4, -0.2) is 39.0 Å². The number of piperidine rings is 1. The SMILES string of the molecule is Cc1cc(C(=O)N2CCC(c3ccncn3)CC2)on1. The summed E-state index contributed by atoms with van der Waals surface area (Å²) in [6, 6.07) is 3.63. The van der Waals surface area contributed by atoms with E-state index < -0.39 is 0 Å². The Hall–Kier alpha value is -2.24. The number of hydrogen-bond acceptors (Lipinski definition) is 5. The number of carbonyl (C=O) groups excluding carboxylic acids is 1. The normalized spacial score (nSPS) is 16.4. The van der Waals surface area contributed by atoms with E-state index in [1.807, 2.05) is 17.9 Å². The second-order valence-corrected chi connectivity index (χ2v) is 5.03. The van der Waals surface area contributed by atoms with E-state index in [-0.39, 0.29) is 5.91 Å². The third-order valence-corrected chi connectivity index (χ3v) is 3.64. The van der Waals surface area contributed by atoms with E-state index in [2.05, 4.69) is 15.1 Å². The molecule has 1 fully saturated rings. The maximum atomic E-state index is 12.2. The molecule has 0 saturated carbocycles. The van der Waals surface area contributed by atoms with Crippen LogP contribution in [0.2, 0.25) is 0 Å². The predicted octanol–water partition coefficient (Wildman–Crippen LogP) is 1.79. The number of aryl methyl sites for hydroxylation is 1. The van der Waals surface area contributed by atoms with Crippen LogP contribution in [0, 0.1) is 6.92 Å². The van der Waals surface area contributed by atoms with E-state index in [1.165, 1.54) is 0 Å². The highest BCUT2D eigenvalue weighted by atomic mass is 16.5. The van der Waals surface area contributed by atoms with Gasteiger partial charge in [0, 0.05) is 37.0 Å². The van der Waals surface area contributed by atoms with Crippen molar-refractivity contribution in [3.05, 3.63) is 41.8 Å². The first-order chi connectivity index (χ1) is 9.74. The van der Waals surface area contributed by atoms with Gasteiger partial charge < -0.3 is 9.42 Å². The summed E-state index contributed by atoms with van der Waals surface area (Å²) < 4.78 is 5.03. The smallest absolute Gasteiger partial charge is 0.292 e. The molecule has 0 unspecified atom stereocenters. The molecule has 0 aromatic carbocycles. The first-order valence-corrected chi connectivity index (χ1v) is 6.72. The van der Waals surface area contributed by atoms with E-state index in [1.54, 1.807) is 18.6 Å². The molecule has 0 N–H and O–H groups in total. The Balaban J connectivity index is 1.63. The molecule has 20 heavy (non-hydrogen) atoms. The van der Waals surface area contributed by atoms with Gasteiger partial charge in [0.1, 0.15) is 6.33 Å². The molecule has 1 saturated heterocycles. The molecule has 6 heteroatoms. The van der Waals surface area contributed by atoms with Crippen molar-refractivity contribution in [1.82, 2.24) is 20.0 Å². The standard InChI is InChI=1S/C14H16N4O2/c1-10-8-13(20-17-10)14(19)18-6-3-11(4-7-18)12-2-5-15-9-16-12/h2,5,8-9,11H,3-4,6-7H2,1H3. The van der Waals surface area contributed by atoms with Crippen LogP contribution in [0.4, 0.5) is 0 Å². The van der Waals surface area contributed by atoms with Crippen LogP contribution in [0.5, 0.6) is 0 Å². The second-order valence-electron chi connectivity index (χ2n) is 5.03. The second kappa shape index (κ2) is 5.40. The Morgan fingerprint density at radius 2 is 2.20 bits per heavy atom. The lowest BCUT2D eigenvalue weighted by atomic mass is 9.93. The average Bonchev–Trinajstić information content (AvgIpc) is 2.94. The quantitative estimate of drug-likeness (QED) is 0.833. The zero-order valence-corrected chi connectivity index (χ0v) is 11.3. The Morgan fingerprint density at radius 3 is 2.80 bits per heavy atom. The van der Waals surface area contributed by atoms with Crippen molar-refractivity contribution in [3.8, 4) is 0 Å². The summed E-state index contributed by atoms with van der Waals surface area (Å²) in [6.45, 7) is 3.24. The number of aromatic nitrogens is 3. The lowest BCUT2D eigenvalue weighted by Crippen LogP contribution is -2.37. The van der Waals surface area contributed by atoms with E-state index in [9.17, 15) is 4.79 Å². The van der Waals surface area contributed by atoms with Crippen LogP contribution < -0.4 is 0 Å². The minimum atomic E-state index is -0.0771. The van der Waals surface area contributed by atoms with Gasteiger partial charge in [-0.2, -0.15) is 0 Å². The van der Waals surface area contributed by atoms with Gasteiger partial charge in [0.25, 0.3) is 5.91 Å². The molecule has 3 rings (SSSR count). The van der Waals surface area contributed by atoms with E-state index in [0.717, 1.165) is 24.2 Å². The molecule has 0 bridgehead atoms. The van der Waals surface area contributed by atoms with E-state index >= 15 is 0 Å². The monoisotopic (exact) mass is 272 g/mol. The molecule has 0 radical (unpaired) electrons. The van der Waals surface area contributed by atoms with Gasteiger partial charge in [-0.1, -0.05) is 5.16 Å². The fourth-order valence-corrected chi connectivity index (χ4v) is 2.54. The molecule has 3 heterocycles. The Kier molecular flexibility index (Phi) is 3.45. The third-order valence-electron chi connectivity index (χ3n) is 3.64. The minimum Gasteiger partial charge on any atom is -0.351 e. The summed E-state index contributed by atoms with van der Waals surface area (Å²) in [6.07, 6.45) is 5.16. The van der Waals surface area contributed by atoms with Crippen LogP contribution in [0.1, 0.15) is 40.7 Å². The summed E-state index contributed by atoms with van der Waals surface area (Å²) >= 11 is 0. The van der Waals surface area contributed by atoms with Crippen molar-refractivity contribution in [2.45, 2.75) is 25.7 Å². The molecule has 0 atom stereocenters. The average molecular weight is 272 g/mol. The Bertz CT molecular complexity index is 588. The third kappa shape index (κ3) is 2.54. The summed E-state index contributed by atoms with van der Waals surface area (Å²) in [5.74, 6) is 0.647. The molecule has 6 nitrogen and oxygen atoms in total. The molecular weight excluding hydrogens is 256 g/mol. The molecule has 2 aromatic rings. The van der Waals surface area contributed by atoms with Crippen LogP contribution in [0.15, 0.2) is 29.2 Å². The molecular formula is C14H16N4O2. The van der Waals surface area contributed by atoms with Crippen molar-refractivity contribution in [3.63, 3.8) is 0 Å². The fourth-order valence-electron chi connectivity index (χ4n) is 2.54. The van der Waals surface area contributed by atoms with Gasteiger partial charge >= 0.3 is 0 Å². The van der Waals surface area contributed by atoms with Crippen LogP contribution in [0.25, 0.3) is 0 Å². The van der Waals surface area contributed by atoms with Gasteiger partial charge in [0.15, 0.2) is 0 Å². The van der Waals surface area contributed by atoms with Crippen molar-refractivity contribution in [2.24, 2.45) is 0 Å². The van der Waals surface area contributed by atoms with Crippen LogP contribution in [-0.2, 0) is 0 Å². The topological polar surface area (TPSA) is 72.1 Å². The summed E-state index contributed by atoms with van der Waals surface area (Å²) in [5.41, 5.74) is 1.78. The van der Waals surface area contributed by atoms with Crippen molar-refractivity contribution < 1.29 is 9.32 Å². The van der Waals surface area contributed by atoms with Gasteiger partial charge in [0.2, 0.25) is 5.76 Å². The van der Waals surface area contributed by atoms with Gasteiger partial charge in [0.05, 0.1) is 5.69 Å². The number of hydrogen-bond donors (Lipinski definition) is 0. The molecule has 1 amide bonds. The van der Waals surface area contributed by atoms with Crippen LogP contribution in [0.3, 0.4) is 0 Å². The van der Waals surface area contributed by atoms with E-state index in [4.69, 9.17) is 4.52 Å². The van der Waals surface area contributed by atoms with Gasteiger partial charge in [-0.05, 0) is 25.8 Å². The number of rotatable bonds is 2. The number of nitrogens with zero attached hydrogens (tertiary/aromatic N) is 4. The number of amides is 1. The lowest BCUT2D eigenvalue weighted by Gasteiger charge is -2.30. The maximum Gasteiger partial charge on any atom is 0.292 e. The van der Waals surface area contributed by atoms with Gasteiger partial charge in [-0.25, -0.2) is 9.97 Å². The Labute approximate surface area is 116 Å². The summed E-state index contributed by atoms with van der Waals surface area (Å²) in [4.78, 5) is 22.3. The summed E-state index contributed by atoms with van der Waals surface area (Å²) in [5, 5.41) is 3.76. The largest absolute Gasteiger partial charge is 0.351 e. The highest BCUT2D eigenvalue weighted by Gasteiger charge is 2.27. The fraction of sp³-hybridized carbons (Fsp3) is 0.429. The highest BCUT2D eigenvalue weighted by molar-refractivity contribution is 5.91. The van der Waals surface area contributed by atoms with Crippen molar-refractivity contribution >= 4 is 5.91 Å². The van der Waals surface area contributed by atoms with Gasteiger partial charge in [-0.15, -0.1) is 0 Å². The highest BCUT2D eigenvalue weighted by Crippen LogP contribution is 2.26. The lowest BCUT2D eigenvalue weighted by molar-refractivity contribution is 0.0670. The molecule has 1 aliphatic rings. The first kappa shape index (κ1) is 12.8. The number of carbonyl (C=O) groups is 1. The zero-order valence-electron chi connectivity index (χ0n) is 11.3. The maximum absolute atomic E-state index is 12.2. The molecule has 0 spiro atoms. The Morgan fingerprint density at radius 1 is 1.40 bits per heavy atom. The van der Waals surface area contributed by atoms with Crippen molar-refractivity contribution in [2.75, 3.05) is 13.1 Å². The summed E-state index contributed by atoms with van der Waals surface area (Å²) in [7, 11) is 0.